The van der Waals surface area contributed by atoms with Crippen molar-refractivity contribution in [3.8, 4) is 23.0 Å². The van der Waals surface area contributed by atoms with Crippen molar-refractivity contribution >= 4 is 68.7 Å². The Labute approximate surface area is 279 Å². The van der Waals surface area contributed by atoms with Crippen LogP contribution in [0.3, 0.4) is 0 Å². The number of anilines is 2. The Morgan fingerprint density at radius 2 is 1.67 bits per heavy atom. The highest BCUT2D eigenvalue weighted by Crippen LogP contribution is 2.38. The Balaban J connectivity index is 1.59. The number of halogens is 2. The SMILES string of the molecule is CCCOc1ccc(N2C(=O)NC(=O)/C(=C\c3cc(Br)c(OCC(=O)Nc4ccc(C)c(Cl)c4)c(OCC)c3)C2=O)cc1OCC. The number of nitrogens with one attached hydrogen (secondary N) is 2. The van der Waals surface area contributed by atoms with E-state index in [4.69, 9.17) is 30.5 Å². The van der Waals surface area contributed by atoms with Crippen LogP contribution >= 0.6 is 27.5 Å². The fourth-order valence-corrected chi connectivity index (χ4v) is 5.13. The second-order valence-electron chi connectivity index (χ2n) is 9.93. The van der Waals surface area contributed by atoms with E-state index in [1.54, 1.807) is 50.2 Å². The number of urea groups is 1. The first-order chi connectivity index (χ1) is 22.1. The maximum atomic E-state index is 13.6. The molecule has 3 aromatic carbocycles. The maximum Gasteiger partial charge on any atom is 0.335 e. The van der Waals surface area contributed by atoms with Crippen molar-refractivity contribution in [1.82, 2.24) is 5.32 Å². The van der Waals surface area contributed by atoms with Crippen LogP contribution in [0.2, 0.25) is 5.02 Å². The largest absolute Gasteiger partial charge is 0.490 e. The highest BCUT2D eigenvalue weighted by Gasteiger charge is 2.37. The number of barbiturate groups is 1. The molecule has 0 saturated carbocycles. The van der Waals surface area contributed by atoms with Gasteiger partial charge in [-0.15, -0.1) is 0 Å². The average molecular weight is 715 g/mol. The zero-order valence-electron chi connectivity index (χ0n) is 25.7. The van der Waals surface area contributed by atoms with Crippen LogP contribution in [0, 0.1) is 6.92 Å². The van der Waals surface area contributed by atoms with Crippen molar-refractivity contribution in [3.05, 3.63) is 74.7 Å². The Morgan fingerprint density at radius 3 is 2.37 bits per heavy atom. The van der Waals surface area contributed by atoms with Gasteiger partial charge in [0.15, 0.2) is 29.6 Å². The molecule has 0 aliphatic carbocycles. The van der Waals surface area contributed by atoms with Crippen molar-refractivity contribution in [2.45, 2.75) is 34.1 Å². The third-order valence-corrected chi connectivity index (χ3v) is 7.49. The summed E-state index contributed by atoms with van der Waals surface area (Å²) in [6.07, 6.45) is 2.12. The zero-order chi connectivity index (χ0) is 33.4. The molecule has 1 saturated heterocycles. The highest BCUT2D eigenvalue weighted by molar-refractivity contribution is 9.10. The Bertz CT molecular complexity index is 1690. The van der Waals surface area contributed by atoms with Gasteiger partial charge in [-0.05, 0) is 96.7 Å². The van der Waals surface area contributed by atoms with Crippen molar-refractivity contribution in [3.63, 3.8) is 0 Å². The number of carbonyl (C=O) groups excluding carboxylic acids is 4. The summed E-state index contributed by atoms with van der Waals surface area (Å²) in [5.41, 5.74) is 1.70. The van der Waals surface area contributed by atoms with Gasteiger partial charge in [0.1, 0.15) is 5.57 Å². The standard InChI is InChI=1S/C33H33BrClN3O8/c1-5-12-45-26-11-10-22(17-27(26)43-6-2)38-32(41)23(31(40)37-33(38)42)13-20-14-24(34)30(28(15-20)44-7-3)46-18-29(39)36-21-9-8-19(4)25(35)16-21/h8-11,13-17H,5-7,12,18H2,1-4H3,(H,36,39)(H,37,40,42)/b23-13+. The van der Waals surface area contributed by atoms with Crippen molar-refractivity contribution in [2.24, 2.45) is 0 Å². The summed E-state index contributed by atoms with van der Waals surface area (Å²) in [4.78, 5) is 52.7. The van der Waals surface area contributed by atoms with Gasteiger partial charge in [0.05, 0.1) is 30.0 Å². The number of carbonyl (C=O) groups is 4. The summed E-state index contributed by atoms with van der Waals surface area (Å²) in [7, 11) is 0. The van der Waals surface area contributed by atoms with Gasteiger partial charge in [-0.25, -0.2) is 9.69 Å². The van der Waals surface area contributed by atoms with Crippen LogP contribution in [0.15, 0.2) is 58.6 Å². The van der Waals surface area contributed by atoms with Crippen LogP contribution in [0.1, 0.15) is 38.3 Å². The molecule has 13 heteroatoms. The number of imide groups is 2. The van der Waals surface area contributed by atoms with Crippen LogP contribution in [-0.4, -0.2) is 50.2 Å². The molecule has 5 amide bonds. The lowest BCUT2D eigenvalue weighted by molar-refractivity contribution is -0.122. The number of hydrogen-bond donors (Lipinski definition) is 2. The molecule has 4 rings (SSSR count). The van der Waals surface area contributed by atoms with E-state index in [-0.39, 0.29) is 36.0 Å². The minimum Gasteiger partial charge on any atom is -0.490 e. The molecule has 1 aliphatic heterocycles. The summed E-state index contributed by atoms with van der Waals surface area (Å²) in [6, 6.07) is 12.1. The highest BCUT2D eigenvalue weighted by atomic mass is 79.9. The number of amides is 5. The van der Waals surface area contributed by atoms with Gasteiger partial charge >= 0.3 is 6.03 Å². The number of nitrogens with zero attached hydrogens (tertiary/aromatic N) is 1. The molecule has 2 N–H and O–H groups in total. The molecule has 0 spiro atoms. The second-order valence-corrected chi connectivity index (χ2v) is 11.2. The minimum atomic E-state index is -0.900. The monoisotopic (exact) mass is 713 g/mol. The molecule has 46 heavy (non-hydrogen) atoms. The topological polar surface area (TPSA) is 132 Å². The van der Waals surface area contributed by atoms with E-state index < -0.39 is 23.8 Å². The molecule has 1 heterocycles. The molecular weight excluding hydrogens is 682 g/mol. The first-order valence-electron chi connectivity index (χ1n) is 14.5. The normalized spacial score (nSPS) is 13.8. The first kappa shape index (κ1) is 34.3. The molecule has 1 fully saturated rings. The third-order valence-electron chi connectivity index (χ3n) is 6.49. The summed E-state index contributed by atoms with van der Waals surface area (Å²) < 4.78 is 23.3. The summed E-state index contributed by atoms with van der Waals surface area (Å²) in [5.74, 6) is -0.790. The fraction of sp³-hybridized carbons (Fsp3) is 0.273. The van der Waals surface area contributed by atoms with Crippen molar-refractivity contribution < 1.29 is 38.1 Å². The molecule has 0 atom stereocenters. The van der Waals surface area contributed by atoms with Crippen LogP contribution in [0.4, 0.5) is 16.2 Å². The smallest absolute Gasteiger partial charge is 0.335 e. The molecule has 0 bridgehead atoms. The van der Waals surface area contributed by atoms with Gasteiger partial charge in [-0.3, -0.25) is 19.7 Å². The lowest BCUT2D eigenvalue weighted by Gasteiger charge is -2.27. The average Bonchev–Trinajstić information content (AvgIpc) is 3.00. The Hall–Kier alpha value is -4.55. The lowest BCUT2D eigenvalue weighted by atomic mass is 10.1. The second kappa shape index (κ2) is 15.6. The van der Waals surface area contributed by atoms with Gasteiger partial charge in [0, 0.05) is 16.8 Å². The van der Waals surface area contributed by atoms with E-state index in [0.29, 0.717) is 45.5 Å². The predicted molar refractivity (Wildman–Crippen MR) is 178 cm³/mol. The zero-order valence-corrected chi connectivity index (χ0v) is 28.0. The minimum absolute atomic E-state index is 0.194. The van der Waals surface area contributed by atoms with E-state index in [1.165, 1.54) is 18.2 Å². The number of ether oxygens (including phenoxy) is 4. The molecule has 0 aromatic heterocycles. The molecule has 1 aliphatic rings. The van der Waals surface area contributed by atoms with Gasteiger partial charge in [-0.1, -0.05) is 24.6 Å². The molecular formula is C33H33BrClN3O8. The lowest BCUT2D eigenvalue weighted by Crippen LogP contribution is -2.54. The summed E-state index contributed by atoms with van der Waals surface area (Å²) in [5, 5.41) is 5.47. The van der Waals surface area contributed by atoms with Gasteiger partial charge in [0.25, 0.3) is 17.7 Å². The van der Waals surface area contributed by atoms with E-state index in [9.17, 15) is 19.2 Å². The molecule has 0 radical (unpaired) electrons. The predicted octanol–water partition coefficient (Wildman–Crippen LogP) is 6.68. The summed E-state index contributed by atoms with van der Waals surface area (Å²) >= 11 is 9.59. The van der Waals surface area contributed by atoms with Crippen LogP contribution in [0.5, 0.6) is 23.0 Å². The van der Waals surface area contributed by atoms with Gasteiger partial charge < -0.3 is 24.3 Å². The fourth-order valence-electron chi connectivity index (χ4n) is 4.37. The maximum absolute atomic E-state index is 13.6. The third kappa shape index (κ3) is 8.18. The van der Waals surface area contributed by atoms with Crippen LogP contribution in [-0.2, 0) is 14.4 Å². The molecule has 0 unspecified atom stereocenters. The van der Waals surface area contributed by atoms with E-state index in [1.807, 2.05) is 13.8 Å². The first-order valence-corrected chi connectivity index (χ1v) is 15.7. The van der Waals surface area contributed by atoms with E-state index in [0.717, 1.165) is 16.9 Å². The quantitative estimate of drug-likeness (QED) is 0.148. The number of hydrogen-bond acceptors (Lipinski definition) is 8. The van der Waals surface area contributed by atoms with Crippen LogP contribution < -0.4 is 34.5 Å². The molecule has 11 nitrogen and oxygen atoms in total. The number of benzene rings is 3. The molecule has 3 aromatic rings. The van der Waals surface area contributed by atoms with E-state index >= 15 is 0 Å². The van der Waals surface area contributed by atoms with Gasteiger partial charge in [-0.2, -0.15) is 0 Å². The molecule has 242 valence electrons. The number of rotatable bonds is 13. The van der Waals surface area contributed by atoms with Crippen LogP contribution in [0.25, 0.3) is 6.08 Å². The van der Waals surface area contributed by atoms with Crippen molar-refractivity contribution in [2.75, 3.05) is 36.6 Å². The Kier molecular flexibility index (Phi) is 11.7. The summed E-state index contributed by atoms with van der Waals surface area (Å²) in [6.45, 7) is 8.12. The van der Waals surface area contributed by atoms with Gasteiger partial charge in [0.2, 0.25) is 0 Å². The number of aryl methyl sites for hydroxylation is 1. The van der Waals surface area contributed by atoms with Crippen molar-refractivity contribution in [1.29, 1.82) is 0 Å². The van der Waals surface area contributed by atoms with E-state index in [2.05, 4.69) is 26.6 Å². The Morgan fingerprint density at radius 1 is 0.935 bits per heavy atom.